The predicted molar refractivity (Wildman–Crippen MR) is 144 cm³/mol. The zero-order valence-electron chi connectivity index (χ0n) is 18.6. The number of rotatable bonds is 6. The fraction of sp³-hybridized carbons (Fsp3) is 0.200. The molecule has 1 aliphatic rings. The molecule has 0 aromatic heterocycles. The molecule has 2 N–H and O–H groups in total. The number of nitrogens with one attached hydrogen (secondary N) is 2. The van der Waals surface area contributed by atoms with Crippen LogP contribution in [0.3, 0.4) is 0 Å². The number of benzene rings is 3. The lowest BCUT2D eigenvalue weighted by atomic mass is 10.1. The summed E-state index contributed by atoms with van der Waals surface area (Å²) in [4.78, 5) is 25.9. The first-order valence-electron chi connectivity index (χ1n) is 10.5. The third-order valence-electron chi connectivity index (χ3n) is 5.72. The van der Waals surface area contributed by atoms with Crippen molar-refractivity contribution < 1.29 is 9.59 Å². The van der Waals surface area contributed by atoms with Gasteiger partial charge in [-0.05, 0) is 66.6 Å². The summed E-state index contributed by atoms with van der Waals surface area (Å²) in [6.07, 6.45) is 0. The highest BCUT2D eigenvalue weighted by Crippen LogP contribution is 2.65. The summed E-state index contributed by atoms with van der Waals surface area (Å²) in [6.45, 7) is 1.96. The number of hydrogen-bond acceptors (Lipinski definition) is 3. The number of hydrogen-bond donors (Lipinski definition) is 2. The molecule has 0 aliphatic heterocycles. The van der Waals surface area contributed by atoms with Gasteiger partial charge >= 0.3 is 0 Å². The molecule has 2 unspecified atom stereocenters. The van der Waals surface area contributed by atoms with Crippen LogP contribution in [0.4, 0.5) is 11.4 Å². The molecule has 2 atom stereocenters. The van der Waals surface area contributed by atoms with Crippen LogP contribution in [0, 0.1) is 12.8 Å². The third kappa shape index (κ3) is 5.65. The van der Waals surface area contributed by atoms with Crippen molar-refractivity contribution in [3.63, 3.8) is 0 Å². The van der Waals surface area contributed by atoms with Gasteiger partial charge in [0.2, 0.25) is 5.91 Å². The van der Waals surface area contributed by atoms with E-state index < -0.39 is 28.0 Å². The van der Waals surface area contributed by atoms with E-state index in [4.69, 9.17) is 58.0 Å². The summed E-state index contributed by atoms with van der Waals surface area (Å²) >= 11 is 31.3. The second kappa shape index (κ2) is 10.1. The summed E-state index contributed by atoms with van der Waals surface area (Å²) in [6, 6.07) is 17.2. The Balaban J connectivity index is 1.49. The number of alkyl halides is 2. The predicted octanol–water partition coefficient (Wildman–Crippen LogP) is 7.26. The first-order valence-corrected chi connectivity index (χ1v) is 12.4. The van der Waals surface area contributed by atoms with E-state index in [1.54, 1.807) is 36.3 Å². The Morgan fingerprint density at radius 3 is 2.29 bits per heavy atom. The number of carbonyl (C=O) groups excluding carboxylic acids is 2. The van der Waals surface area contributed by atoms with Gasteiger partial charge in [-0.25, -0.2) is 0 Å². The molecule has 4 rings (SSSR count). The van der Waals surface area contributed by atoms with Crippen molar-refractivity contribution in [2.75, 3.05) is 17.4 Å². The van der Waals surface area contributed by atoms with Crippen LogP contribution < -0.4 is 15.8 Å². The molecule has 2 amide bonds. The van der Waals surface area contributed by atoms with Crippen LogP contribution >= 0.6 is 58.0 Å². The number of hydrazine groups is 1. The molecule has 0 heterocycles. The van der Waals surface area contributed by atoms with E-state index in [-0.39, 0.29) is 10.6 Å². The quantitative estimate of drug-likeness (QED) is 0.242. The van der Waals surface area contributed by atoms with Crippen LogP contribution in [-0.4, -0.2) is 23.2 Å². The van der Waals surface area contributed by atoms with Crippen molar-refractivity contribution in [3.05, 3.63) is 92.4 Å². The summed E-state index contributed by atoms with van der Waals surface area (Å²) in [5, 5.41) is 5.45. The SMILES string of the molecule is Cc1cccc(N(C)NC(=O)c2cc(NC(=O)C3C(c4cc(Cl)cc(Cl)c4)C3(Cl)Cl)ccc2Cl)c1. The minimum atomic E-state index is -1.32. The van der Waals surface area contributed by atoms with Crippen LogP contribution in [0.5, 0.6) is 0 Å². The van der Waals surface area contributed by atoms with Gasteiger partial charge in [-0.15, -0.1) is 23.2 Å². The van der Waals surface area contributed by atoms with Gasteiger partial charge in [-0.1, -0.05) is 46.9 Å². The standard InChI is InChI=1S/C25H20Cl5N3O2/c1-13-4-3-5-18(8-13)33(2)32-23(34)19-12-17(6-7-20(19)28)31-24(35)22-21(25(22,29)30)14-9-15(26)11-16(27)10-14/h3-12,21-22H,1-2H3,(H,31,35)(H,32,34). The van der Waals surface area contributed by atoms with Gasteiger partial charge in [0.15, 0.2) is 0 Å². The molecule has 0 bridgehead atoms. The highest BCUT2D eigenvalue weighted by Gasteiger charge is 2.67. The number of nitrogens with zero attached hydrogens (tertiary/aromatic N) is 1. The van der Waals surface area contributed by atoms with Gasteiger partial charge in [0.25, 0.3) is 5.91 Å². The van der Waals surface area contributed by atoms with Crippen molar-refractivity contribution in [3.8, 4) is 0 Å². The van der Waals surface area contributed by atoms with Crippen molar-refractivity contribution in [2.24, 2.45) is 5.92 Å². The Labute approximate surface area is 228 Å². The Hall–Kier alpha value is -2.15. The molecule has 0 spiro atoms. The topological polar surface area (TPSA) is 61.4 Å². The first kappa shape index (κ1) is 25.9. The fourth-order valence-corrected chi connectivity index (χ4v) is 5.51. The molecule has 3 aromatic carbocycles. The van der Waals surface area contributed by atoms with Crippen LogP contribution in [0.1, 0.15) is 27.4 Å². The summed E-state index contributed by atoms with van der Waals surface area (Å²) < 4.78 is -1.32. The molecular formula is C25H20Cl5N3O2. The molecule has 1 saturated carbocycles. The van der Waals surface area contributed by atoms with E-state index in [2.05, 4.69) is 10.7 Å². The Kier molecular flexibility index (Phi) is 7.46. The zero-order chi connectivity index (χ0) is 25.5. The Morgan fingerprint density at radius 1 is 0.943 bits per heavy atom. The van der Waals surface area contributed by atoms with Crippen molar-refractivity contribution in [1.29, 1.82) is 0 Å². The van der Waals surface area contributed by atoms with E-state index >= 15 is 0 Å². The van der Waals surface area contributed by atoms with Crippen LogP contribution in [0.25, 0.3) is 0 Å². The summed E-state index contributed by atoms with van der Waals surface area (Å²) in [5.41, 5.74) is 5.88. The van der Waals surface area contributed by atoms with Gasteiger partial charge in [0.05, 0.1) is 22.2 Å². The van der Waals surface area contributed by atoms with Crippen LogP contribution in [0.15, 0.2) is 60.7 Å². The van der Waals surface area contributed by atoms with Gasteiger partial charge < -0.3 is 5.32 Å². The number of amides is 2. The molecule has 3 aromatic rings. The number of anilines is 2. The highest BCUT2D eigenvalue weighted by molar-refractivity contribution is 6.53. The Bertz CT molecular complexity index is 1290. The van der Waals surface area contributed by atoms with Crippen LogP contribution in [-0.2, 0) is 4.79 Å². The number of halogens is 5. The van der Waals surface area contributed by atoms with E-state index in [9.17, 15) is 9.59 Å². The Morgan fingerprint density at radius 2 is 1.63 bits per heavy atom. The van der Waals surface area contributed by atoms with Crippen molar-refractivity contribution in [1.82, 2.24) is 5.43 Å². The second-order valence-corrected chi connectivity index (χ2v) is 11.1. The summed E-state index contributed by atoms with van der Waals surface area (Å²) in [7, 11) is 1.72. The smallest absolute Gasteiger partial charge is 0.271 e. The maximum absolute atomic E-state index is 13.0. The molecule has 35 heavy (non-hydrogen) atoms. The maximum Gasteiger partial charge on any atom is 0.271 e. The number of aryl methyl sites for hydroxylation is 1. The third-order valence-corrected chi connectivity index (χ3v) is 7.42. The lowest BCUT2D eigenvalue weighted by Gasteiger charge is -2.21. The fourth-order valence-electron chi connectivity index (χ4n) is 3.93. The zero-order valence-corrected chi connectivity index (χ0v) is 22.4. The molecular weight excluding hydrogens is 552 g/mol. The van der Waals surface area contributed by atoms with E-state index in [1.807, 2.05) is 31.2 Å². The average molecular weight is 572 g/mol. The molecule has 5 nitrogen and oxygen atoms in total. The summed E-state index contributed by atoms with van der Waals surface area (Å²) in [5.74, 6) is -2.06. The highest BCUT2D eigenvalue weighted by atomic mass is 35.5. The molecule has 0 radical (unpaired) electrons. The minimum Gasteiger partial charge on any atom is -0.326 e. The van der Waals surface area contributed by atoms with E-state index in [0.717, 1.165) is 11.3 Å². The maximum atomic E-state index is 13.0. The average Bonchev–Trinajstić information content (AvgIpc) is 3.36. The van der Waals surface area contributed by atoms with Gasteiger partial charge in [0, 0.05) is 28.7 Å². The first-order chi connectivity index (χ1) is 16.5. The molecule has 1 fully saturated rings. The largest absolute Gasteiger partial charge is 0.326 e. The molecule has 10 heteroatoms. The lowest BCUT2D eigenvalue weighted by molar-refractivity contribution is -0.117. The normalized spacial score (nSPS) is 18.0. The molecule has 182 valence electrons. The van der Waals surface area contributed by atoms with E-state index in [1.165, 1.54) is 12.1 Å². The number of carbonyl (C=O) groups is 2. The van der Waals surface area contributed by atoms with Crippen molar-refractivity contribution >= 4 is 81.2 Å². The molecule has 1 aliphatic carbocycles. The monoisotopic (exact) mass is 569 g/mol. The minimum absolute atomic E-state index is 0.195. The second-order valence-electron chi connectivity index (χ2n) is 8.36. The van der Waals surface area contributed by atoms with Crippen molar-refractivity contribution in [2.45, 2.75) is 17.2 Å². The molecule has 0 saturated heterocycles. The van der Waals surface area contributed by atoms with Crippen LogP contribution in [0.2, 0.25) is 15.1 Å². The van der Waals surface area contributed by atoms with Gasteiger partial charge in [-0.3, -0.25) is 20.0 Å². The van der Waals surface area contributed by atoms with E-state index in [0.29, 0.717) is 21.3 Å². The van der Waals surface area contributed by atoms with Gasteiger partial charge in [0.1, 0.15) is 4.33 Å². The lowest BCUT2D eigenvalue weighted by Crippen LogP contribution is -2.39. The van der Waals surface area contributed by atoms with Gasteiger partial charge in [-0.2, -0.15) is 0 Å².